The van der Waals surface area contributed by atoms with Crippen LogP contribution in [0.3, 0.4) is 0 Å². The zero-order chi connectivity index (χ0) is 29.7. The highest BCUT2D eigenvalue weighted by Crippen LogP contribution is 2.34. The van der Waals surface area contributed by atoms with E-state index in [0.29, 0.717) is 36.4 Å². The van der Waals surface area contributed by atoms with Crippen LogP contribution in [0, 0.1) is 10.8 Å². The molecule has 3 aromatic rings. The van der Waals surface area contributed by atoms with Gasteiger partial charge in [-0.05, 0) is 59.3 Å². The van der Waals surface area contributed by atoms with Gasteiger partial charge in [0.05, 0.1) is 17.3 Å². The van der Waals surface area contributed by atoms with E-state index in [2.05, 4.69) is 58.5 Å². The molecule has 0 saturated carbocycles. The van der Waals surface area contributed by atoms with Crippen molar-refractivity contribution in [1.29, 1.82) is 5.41 Å². The van der Waals surface area contributed by atoms with E-state index in [1.54, 1.807) is 35.4 Å². The van der Waals surface area contributed by atoms with Crippen LogP contribution in [0.2, 0.25) is 0 Å². The average molecular weight is 592 g/mol. The molecule has 1 atom stereocenters. The molecule has 1 amide bonds. The van der Waals surface area contributed by atoms with Gasteiger partial charge in [0.1, 0.15) is 11.6 Å². The lowest BCUT2D eigenvalue weighted by atomic mass is 9.82. The second kappa shape index (κ2) is 12.6. The Bertz CT molecular complexity index is 1440. The van der Waals surface area contributed by atoms with Crippen LogP contribution in [-0.2, 0) is 0 Å². The van der Waals surface area contributed by atoms with Gasteiger partial charge in [-0.25, -0.2) is 4.98 Å². The summed E-state index contributed by atoms with van der Waals surface area (Å²) in [7, 11) is 0.687. The molecule has 1 aliphatic heterocycles. The molecule has 1 aromatic heterocycles. The number of aromatic nitrogens is 1. The van der Waals surface area contributed by atoms with Crippen LogP contribution in [0.1, 0.15) is 42.7 Å². The zero-order valence-electron chi connectivity index (χ0n) is 23.7. The Labute approximate surface area is 249 Å². The van der Waals surface area contributed by atoms with E-state index >= 15 is 0 Å². The van der Waals surface area contributed by atoms with Crippen molar-refractivity contribution in [2.24, 2.45) is 9.81 Å². The summed E-state index contributed by atoms with van der Waals surface area (Å²) >= 11 is 4.10. The van der Waals surface area contributed by atoms with E-state index in [0.717, 1.165) is 16.6 Å². The van der Waals surface area contributed by atoms with Gasteiger partial charge in [0.15, 0.2) is 17.4 Å². The number of hydrogen-bond acceptors (Lipinski definition) is 8. The van der Waals surface area contributed by atoms with Crippen molar-refractivity contribution >= 4 is 57.3 Å². The lowest BCUT2D eigenvalue weighted by Crippen LogP contribution is -2.49. The van der Waals surface area contributed by atoms with Gasteiger partial charge in [-0.2, -0.15) is 4.40 Å². The minimum atomic E-state index is -0.279. The van der Waals surface area contributed by atoms with Gasteiger partial charge in [0, 0.05) is 42.6 Å². The molecule has 2 aromatic carbocycles. The number of para-hydroxylation sites is 1. The summed E-state index contributed by atoms with van der Waals surface area (Å²) in [5.74, 6) is 0.670. The van der Waals surface area contributed by atoms with Crippen molar-refractivity contribution in [2.75, 3.05) is 36.4 Å². The fraction of sp³-hybridized carbons (Fsp3) is 0.310. The molecular weight excluding hydrogens is 555 g/mol. The molecule has 0 unspecified atom stereocenters. The van der Waals surface area contributed by atoms with E-state index < -0.39 is 0 Å². The normalized spacial score (nSPS) is 15.0. The third-order valence-corrected chi connectivity index (χ3v) is 8.11. The van der Waals surface area contributed by atoms with Crippen LogP contribution in [-0.4, -0.2) is 74.1 Å². The monoisotopic (exact) mass is 591 g/mol. The summed E-state index contributed by atoms with van der Waals surface area (Å²) in [5.41, 5.74) is 1.04. The van der Waals surface area contributed by atoms with Gasteiger partial charge in [-0.1, -0.05) is 45.0 Å². The SMILES string of the molecule is CC(C)(C)[C@@H](N/C(=N/S)C(=N)Nc1cccc(C(=O)N2CCN(c3ccccn3)CC2)c1O)c1ccc(O)c([SiH3])c1. The van der Waals surface area contributed by atoms with Crippen LogP contribution in [0.4, 0.5) is 11.5 Å². The van der Waals surface area contributed by atoms with Crippen molar-refractivity contribution in [3.8, 4) is 11.5 Å². The van der Waals surface area contributed by atoms with Gasteiger partial charge in [0.2, 0.25) is 0 Å². The Morgan fingerprint density at radius 1 is 1.10 bits per heavy atom. The summed E-state index contributed by atoms with van der Waals surface area (Å²) in [5, 5.41) is 36.8. The van der Waals surface area contributed by atoms with Crippen molar-refractivity contribution < 1.29 is 15.0 Å². The second-order valence-corrected chi connectivity index (χ2v) is 12.4. The molecule has 0 bridgehead atoms. The fourth-order valence-electron chi connectivity index (χ4n) is 4.81. The zero-order valence-corrected chi connectivity index (χ0v) is 26.6. The highest BCUT2D eigenvalue weighted by atomic mass is 32.1. The topological polar surface area (TPSA) is 137 Å². The Morgan fingerprint density at radius 3 is 2.44 bits per heavy atom. The summed E-state index contributed by atoms with van der Waals surface area (Å²) in [6, 6.07) is 15.8. The van der Waals surface area contributed by atoms with Gasteiger partial charge in [0.25, 0.3) is 5.91 Å². The van der Waals surface area contributed by atoms with Crippen LogP contribution in [0.25, 0.3) is 0 Å². The number of amides is 1. The maximum atomic E-state index is 13.3. The molecule has 0 spiro atoms. The number of amidine groups is 2. The van der Waals surface area contributed by atoms with E-state index in [9.17, 15) is 15.0 Å². The summed E-state index contributed by atoms with van der Waals surface area (Å²) < 4.78 is 4.00. The number of aromatic hydroxyl groups is 2. The first-order chi connectivity index (χ1) is 19.5. The first kappa shape index (κ1) is 29.9. The van der Waals surface area contributed by atoms with E-state index in [-0.39, 0.29) is 51.8 Å². The number of thiol groups is 1. The highest BCUT2D eigenvalue weighted by molar-refractivity contribution is 7.79. The molecular formula is C29H37N7O3SSi. The van der Waals surface area contributed by atoms with E-state index in [1.165, 1.54) is 0 Å². The van der Waals surface area contributed by atoms with Crippen molar-refractivity contribution in [3.05, 3.63) is 71.9 Å². The lowest BCUT2D eigenvalue weighted by Gasteiger charge is -2.35. The number of carbonyl (C=O) groups excluding carboxylic acids is 1. The Hall–Kier alpha value is -4.03. The molecule has 1 saturated heterocycles. The highest BCUT2D eigenvalue weighted by Gasteiger charge is 2.29. The molecule has 216 valence electrons. The largest absolute Gasteiger partial charge is 0.508 e. The lowest BCUT2D eigenvalue weighted by molar-refractivity contribution is 0.0743. The van der Waals surface area contributed by atoms with Crippen LogP contribution in [0.15, 0.2) is 65.2 Å². The number of hydrogen-bond donors (Lipinski definition) is 6. The van der Waals surface area contributed by atoms with Crippen LogP contribution in [0.5, 0.6) is 11.5 Å². The Kier molecular flexibility index (Phi) is 9.23. The molecule has 12 heteroatoms. The summed E-state index contributed by atoms with van der Waals surface area (Å²) in [6.45, 7) is 8.46. The molecule has 10 nitrogen and oxygen atoms in total. The molecule has 1 aliphatic rings. The smallest absolute Gasteiger partial charge is 0.257 e. The number of piperazine rings is 1. The number of nitrogens with zero attached hydrogens (tertiary/aromatic N) is 4. The quantitative estimate of drug-likeness (QED) is 0.0882. The summed E-state index contributed by atoms with van der Waals surface area (Å²) in [4.78, 5) is 21.6. The predicted molar refractivity (Wildman–Crippen MR) is 171 cm³/mol. The number of nitrogens with one attached hydrogen (secondary N) is 3. The molecule has 2 heterocycles. The minimum Gasteiger partial charge on any atom is -0.508 e. The number of carbonyl (C=O) groups is 1. The van der Waals surface area contributed by atoms with E-state index in [1.807, 2.05) is 30.3 Å². The van der Waals surface area contributed by atoms with Crippen molar-refractivity contribution in [2.45, 2.75) is 26.8 Å². The number of phenols is 2. The third-order valence-electron chi connectivity index (χ3n) is 7.10. The van der Waals surface area contributed by atoms with Gasteiger partial charge in [-0.15, -0.1) is 0 Å². The maximum Gasteiger partial charge on any atom is 0.257 e. The molecule has 0 aliphatic carbocycles. The minimum absolute atomic E-state index is 0.122. The Balaban J connectivity index is 1.46. The maximum absolute atomic E-state index is 13.3. The first-order valence-electron chi connectivity index (χ1n) is 13.4. The number of benzene rings is 2. The number of pyridine rings is 1. The number of phenolic OH excluding ortho intramolecular Hbond substituents is 2. The van der Waals surface area contributed by atoms with Crippen LogP contribution >= 0.6 is 12.8 Å². The number of rotatable bonds is 5. The van der Waals surface area contributed by atoms with Crippen molar-refractivity contribution in [1.82, 2.24) is 15.2 Å². The summed E-state index contributed by atoms with van der Waals surface area (Å²) in [6.07, 6.45) is 1.75. The van der Waals surface area contributed by atoms with Crippen molar-refractivity contribution in [3.63, 3.8) is 0 Å². The standard InChI is InChI=1S/C29H37N7O3SSi/c1-29(2,3)25(18-10-11-21(37)22(41)17-18)33-27(34-40)26(30)32-20-8-6-7-19(24(20)38)28(39)36-15-13-35(14-16-36)23-9-4-5-12-31-23/h4-12,17,25,37-38,40H,13-16H2,1-3,41H3,(H2,30,32)(H,33,34)/t25-/m0/s1. The molecule has 4 rings (SSSR count). The van der Waals surface area contributed by atoms with Gasteiger partial charge < -0.3 is 30.6 Å². The predicted octanol–water partition coefficient (Wildman–Crippen LogP) is 2.46. The van der Waals surface area contributed by atoms with Gasteiger partial charge in [-0.3, -0.25) is 10.2 Å². The Morgan fingerprint density at radius 2 is 1.83 bits per heavy atom. The van der Waals surface area contributed by atoms with E-state index in [4.69, 9.17) is 5.41 Å². The fourth-order valence-corrected chi connectivity index (χ4v) is 5.46. The first-order valence-corrected chi connectivity index (χ1v) is 14.8. The molecule has 1 fully saturated rings. The molecule has 41 heavy (non-hydrogen) atoms. The average Bonchev–Trinajstić information content (AvgIpc) is 2.96. The second-order valence-electron chi connectivity index (χ2n) is 11.1. The third kappa shape index (κ3) is 7.00. The van der Waals surface area contributed by atoms with Crippen LogP contribution < -0.4 is 20.7 Å². The molecule has 5 N–H and O–H groups in total. The van der Waals surface area contributed by atoms with Gasteiger partial charge >= 0.3 is 0 Å². The molecule has 0 radical (unpaired) electrons. The number of anilines is 2.